The standard InChI is InChI=1S/C22H23F3N4O2S/c1-31-17-5-6-18-19(14-17)32-21(27-18)29-11-9-28(10-12-29)8-7-26-20(30)15-3-2-4-16(13-15)22(23,24)25/h2-6,13-14H,7-12H2,1H3,(H,26,30). The molecule has 32 heavy (non-hydrogen) atoms. The van der Waals surface area contributed by atoms with Gasteiger partial charge in [0.25, 0.3) is 5.91 Å². The zero-order valence-corrected chi connectivity index (χ0v) is 18.3. The van der Waals surface area contributed by atoms with Crippen LogP contribution in [0.4, 0.5) is 18.3 Å². The lowest BCUT2D eigenvalue weighted by molar-refractivity contribution is -0.137. The molecule has 0 bridgehead atoms. The first kappa shape index (κ1) is 22.3. The third-order valence-corrected chi connectivity index (χ3v) is 6.47. The maximum absolute atomic E-state index is 12.8. The van der Waals surface area contributed by atoms with Crippen molar-refractivity contribution in [2.45, 2.75) is 6.18 Å². The third kappa shape index (κ3) is 5.13. The summed E-state index contributed by atoms with van der Waals surface area (Å²) in [7, 11) is 1.64. The molecule has 1 aromatic heterocycles. The highest BCUT2D eigenvalue weighted by Crippen LogP contribution is 2.32. The summed E-state index contributed by atoms with van der Waals surface area (Å²) in [6.45, 7) is 4.28. The van der Waals surface area contributed by atoms with Crippen LogP contribution in [0.25, 0.3) is 10.2 Å². The Labute approximate surface area is 187 Å². The van der Waals surface area contributed by atoms with Crippen LogP contribution in [0.3, 0.4) is 0 Å². The van der Waals surface area contributed by atoms with Gasteiger partial charge in [-0.05, 0) is 36.4 Å². The Bertz CT molecular complexity index is 1090. The van der Waals surface area contributed by atoms with E-state index in [1.54, 1.807) is 18.4 Å². The molecule has 0 saturated carbocycles. The van der Waals surface area contributed by atoms with Gasteiger partial charge in [-0.2, -0.15) is 13.2 Å². The van der Waals surface area contributed by atoms with Gasteiger partial charge in [0.1, 0.15) is 5.75 Å². The van der Waals surface area contributed by atoms with Crippen LogP contribution in [0.2, 0.25) is 0 Å². The number of amides is 1. The number of aromatic nitrogens is 1. The SMILES string of the molecule is COc1ccc2nc(N3CCN(CCNC(=O)c4cccc(C(F)(F)F)c4)CC3)sc2c1. The molecule has 2 aromatic carbocycles. The van der Waals surface area contributed by atoms with E-state index in [4.69, 9.17) is 9.72 Å². The largest absolute Gasteiger partial charge is 0.497 e. The number of carbonyl (C=O) groups excluding carboxylic acids is 1. The average molecular weight is 465 g/mol. The van der Waals surface area contributed by atoms with Crippen LogP contribution in [0.15, 0.2) is 42.5 Å². The molecule has 1 aliphatic rings. The lowest BCUT2D eigenvalue weighted by Gasteiger charge is -2.34. The number of alkyl halides is 3. The molecule has 0 aliphatic carbocycles. The number of methoxy groups -OCH3 is 1. The van der Waals surface area contributed by atoms with E-state index in [0.717, 1.165) is 59.4 Å². The second kappa shape index (κ2) is 9.33. The Morgan fingerprint density at radius 1 is 1.16 bits per heavy atom. The molecule has 3 aromatic rings. The minimum atomic E-state index is -4.47. The highest BCUT2D eigenvalue weighted by Gasteiger charge is 2.30. The van der Waals surface area contributed by atoms with Gasteiger partial charge in [-0.1, -0.05) is 17.4 Å². The number of anilines is 1. The fourth-order valence-corrected chi connectivity index (χ4v) is 4.63. The van der Waals surface area contributed by atoms with E-state index in [-0.39, 0.29) is 5.56 Å². The van der Waals surface area contributed by atoms with Crippen LogP contribution < -0.4 is 15.0 Å². The monoisotopic (exact) mass is 464 g/mol. The van der Waals surface area contributed by atoms with Crippen molar-refractivity contribution in [1.82, 2.24) is 15.2 Å². The summed E-state index contributed by atoms with van der Waals surface area (Å²) in [6.07, 6.45) is -4.47. The molecular formula is C22H23F3N4O2S. The van der Waals surface area contributed by atoms with E-state index in [0.29, 0.717) is 13.1 Å². The molecular weight excluding hydrogens is 441 g/mol. The fraction of sp³-hybridized carbons (Fsp3) is 0.364. The number of ether oxygens (including phenoxy) is 1. The minimum Gasteiger partial charge on any atom is -0.497 e. The molecule has 1 fully saturated rings. The van der Waals surface area contributed by atoms with Gasteiger partial charge >= 0.3 is 6.18 Å². The Morgan fingerprint density at radius 3 is 2.66 bits per heavy atom. The number of benzene rings is 2. The van der Waals surface area contributed by atoms with Gasteiger partial charge in [-0.3, -0.25) is 9.69 Å². The molecule has 0 spiro atoms. The maximum Gasteiger partial charge on any atom is 0.416 e. The van der Waals surface area contributed by atoms with E-state index in [1.807, 2.05) is 18.2 Å². The molecule has 1 saturated heterocycles. The van der Waals surface area contributed by atoms with Gasteiger partial charge in [-0.25, -0.2) is 4.98 Å². The van der Waals surface area contributed by atoms with Crippen LogP contribution >= 0.6 is 11.3 Å². The molecule has 4 rings (SSSR count). The van der Waals surface area contributed by atoms with Crippen molar-refractivity contribution in [1.29, 1.82) is 0 Å². The summed E-state index contributed by atoms with van der Waals surface area (Å²) in [4.78, 5) is 21.4. The molecule has 10 heteroatoms. The number of carbonyl (C=O) groups is 1. The van der Waals surface area contributed by atoms with Crippen molar-refractivity contribution in [2.24, 2.45) is 0 Å². The lowest BCUT2D eigenvalue weighted by atomic mass is 10.1. The molecule has 1 amide bonds. The maximum atomic E-state index is 12.8. The molecule has 0 radical (unpaired) electrons. The number of hydrogen-bond acceptors (Lipinski definition) is 6. The summed E-state index contributed by atoms with van der Waals surface area (Å²) >= 11 is 1.64. The van der Waals surface area contributed by atoms with Crippen molar-refractivity contribution in [2.75, 3.05) is 51.3 Å². The number of rotatable bonds is 6. The Kier molecular flexibility index (Phi) is 6.52. The first-order valence-corrected chi connectivity index (χ1v) is 11.0. The molecule has 0 atom stereocenters. The van der Waals surface area contributed by atoms with Crippen molar-refractivity contribution in [3.05, 3.63) is 53.6 Å². The highest BCUT2D eigenvalue weighted by atomic mass is 32.1. The van der Waals surface area contributed by atoms with Crippen LogP contribution in [-0.2, 0) is 6.18 Å². The Morgan fingerprint density at radius 2 is 1.94 bits per heavy atom. The third-order valence-electron chi connectivity index (χ3n) is 5.39. The van der Waals surface area contributed by atoms with Crippen LogP contribution in [0.5, 0.6) is 5.75 Å². The summed E-state index contributed by atoms with van der Waals surface area (Å²) in [5.41, 5.74) is 0.136. The number of fused-ring (bicyclic) bond motifs is 1. The molecule has 1 N–H and O–H groups in total. The highest BCUT2D eigenvalue weighted by molar-refractivity contribution is 7.22. The molecule has 1 aliphatic heterocycles. The Hall–Kier alpha value is -2.85. The zero-order chi connectivity index (χ0) is 22.7. The van der Waals surface area contributed by atoms with Gasteiger partial charge in [-0.15, -0.1) is 0 Å². The first-order chi connectivity index (χ1) is 15.3. The van der Waals surface area contributed by atoms with Crippen molar-refractivity contribution in [3.8, 4) is 5.75 Å². The second-order valence-electron chi connectivity index (χ2n) is 7.49. The molecule has 170 valence electrons. The van der Waals surface area contributed by atoms with E-state index >= 15 is 0 Å². The van der Waals surface area contributed by atoms with Gasteiger partial charge in [0.15, 0.2) is 5.13 Å². The quantitative estimate of drug-likeness (QED) is 0.600. The zero-order valence-electron chi connectivity index (χ0n) is 17.5. The van der Waals surface area contributed by atoms with Gasteiger partial charge in [0.2, 0.25) is 0 Å². The number of nitrogens with one attached hydrogen (secondary N) is 1. The normalized spacial score (nSPS) is 15.2. The minimum absolute atomic E-state index is 0.0112. The van der Waals surface area contributed by atoms with E-state index in [2.05, 4.69) is 15.1 Å². The van der Waals surface area contributed by atoms with Crippen LogP contribution in [0, 0.1) is 0 Å². The number of hydrogen-bond donors (Lipinski definition) is 1. The Balaban J connectivity index is 1.25. The summed E-state index contributed by atoms with van der Waals surface area (Å²) in [6, 6.07) is 10.3. The van der Waals surface area contributed by atoms with Crippen molar-refractivity contribution < 1.29 is 22.7 Å². The topological polar surface area (TPSA) is 57.7 Å². The number of nitrogens with zero attached hydrogens (tertiary/aromatic N) is 3. The smallest absolute Gasteiger partial charge is 0.416 e. The van der Waals surface area contributed by atoms with E-state index in [1.165, 1.54) is 12.1 Å². The van der Waals surface area contributed by atoms with Gasteiger partial charge in [0, 0.05) is 44.8 Å². The molecule has 0 unspecified atom stereocenters. The summed E-state index contributed by atoms with van der Waals surface area (Å²) in [5, 5.41) is 3.69. The number of thiazole rings is 1. The van der Waals surface area contributed by atoms with E-state index in [9.17, 15) is 18.0 Å². The lowest BCUT2D eigenvalue weighted by Crippen LogP contribution is -2.48. The fourth-order valence-electron chi connectivity index (χ4n) is 3.58. The second-order valence-corrected chi connectivity index (χ2v) is 8.50. The first-order valence-electron chi connectivity index (χ1n) is 10.2. The van der Waals surface area contributed by atoms with Gasteiger partial charge < -0.3 is 15.0 Å². The van der Waals surface area contributed by atoms with E-state index < -0.39 is 17.6 Å². The van der Waals surface area contributed by atoms with Crippen molar-refractivity contribution in [3.63, 3.8) is 0 Å². The van der Waals surface area contributed by atoms with Crippen LogP contribution in [0.1, 0.15) is 15.9 Å². The number of piperazine rings is 1. The molecule has 6 nitrogen and oxygen atoms in total. The predicted octanol–water partition coefficient (Wildman–Crippen LogP) is 3.88. The van der Waals surface area contributed by atoms with Gasteiger partial charge in [0.05, 0.1) is 22.9 Å². The van der Waals surface area contributed by atoms with Crippen molar-refractivity contribution >= 4 is 32.6 Å². The average Bonchev–Trinajstić information content (AvgIpc) is 3.22. The predicted molar refractivity (Wildman–Crippen MR) is 119 cm³/mol. The molecule has 2 heterocycles. The number of halogens is 3. The van der Waals surface area contributed by atoms with Crippen LogP contribution in [-0.4, -0.2) is 62.2 Å². The summed E-state index contributed by atoms with van der Waals surface area (Å²) in [5.74, 6) is 0.310. The summed E-state index contributed by atoms with van der Waals surface area (Å²) < 4.78 is 44.8.